The van der Waals surface area contributed by atoms with Crippen LogP contribution in [-0.2, 0) is 22.7 Å². The van der Waals surface area contributed by atoms with Crippen LogP contribution in [0.2, 0.25) is 0 Å². The number of pyridine rings is 1. The van der Waals surface area contributed by atoms with Gasteiger partial charge in [-0.25, -0.2) is 4.98 Å². The molecule has 3 saturated heterocycles. The summed E-state index contributed by atoms with van der Waals surface area (Å²) in [4.78, 5) is 54.8. The van der Waals surface area contributed by atoms with Crippen molar-refractivity contribution in [1.82, 2.24) is 29.9 Å². The van der Waals surface area contributed by atoms with E-state index in [-0.39, 0.29) is 41.5 Å². The third-order valence-electron chi connectivity index (χ3n) is 12.9. The number of benzene rings is 2. The molecule has 0 radical (unpaired) electrons. The molecular formula is C45H53N9O5. The van der Waals surface area contributed by atoms with E-state index in [1.165, 1.54) is 4.90 Å². The van der Waals surface area contributed by atoms with Crippen molar-refractivity contribution in [2.45, 2.75) is 96.6 Å². The number of rotatable bonds is 8. The molecule has 0 spiro atoms. The Labute approximate surface area is 345 Å². The van der Waals surface area contributed by atoms with Crippen LogP contribution in [0.5, 0.6) is 11.6 Å². The van der Waals surface area contributed by atoms with E-state index in [0.717, 1.165) is 86.0 Å². The molecular weight excluding hydrogens is 747 g/mol. The van der Waals surface area contributed by atoms with Crippen LogP contribution >= 0.6 is 0 Å². The highest BCUT2D eigenvalue weighted by atomic mass is 16.5. The van der Waals surface area contributed by atoms with Gasteiger partial charge in [-0.05, 0) is 88.1 Å². The number of likely N-dealkylation sites (tertiary alicyclic amines) is 1. The molecule has 308 valence electrons. The number of phenols is 1. The molecule has 3 amide bonds. The number of carbonyl (C=O) groups excluding carboxylic acids is 3. The lowest BCUT2D eigenvalue weighted by Crippen LogP contribution is -2.60. The minimum atomic E-state index is -0.636. The van der Waals surface area contributed by atoms with Crippen LogP contribution in [0.3, 0.4) is 0 Å². The summed E-state index contributed by atoms with van der Waals surface area (Å²) < 4.78 is 6.65. The quantitative estimate of drug-likeness (QED) is 0.221. The van der Waals surface area contributed by atoms with E-state index in [9.17, 15) is 19.5 Å². The van der Waals surface area contributed by atoms with Crippen molar-refractivity contribution in [3.05, 3.63) is 83.0 Å². The zero-order chi connectivity index (χ0) is 41.2. The second-order valence-corrected chi connectivity index (χ2v) is 17.8. The lowest BCUT2D eigenvalue weighted by atomic mass is 9.90. The molecule has 0 saturated carbocycles. The molecule has 59 heavy (non-hydrogen) atoms. The first-order valence-electron chi connectivity index (χ1n) is 20.9. The maximum Gasteiger partial charge on any atom is 0.255 e. The molecule has 2 N–H and O–H groups in total. The van der Waals surface area contributed by atoms with Gasteiger partial charge >= 0.3 is 0 Å². The molecule has 3 atom stereocenters. The minimum Gasteiger partial charge on any atom is -0.507 e. The van der Waals surface area contributed by atoms with Gasteiger partial charge in [-0.15, -0.1) is 10.2 Å². The second-order valence-electron chi connectivity index (χ2n) is 17.8. The fraction of sp³-hybridized carbons (Fsp3) is 0.467. The van der Waals surface area contributed by atoms with Crippen molar-refractivity contribution in [2.24, 2.45) is 0 Å². The highest BCUT2D eigenvalue weighted by Gasteiger charge is 2.49. The van der Waals surface area contributed by atoms with Crippen LogP contribution < -0.4 is 19.9 Å². The normalized spacial score (nSPS) is 23.3. The number of aryl methyl sites for hydroxylation is 1. The monoisotopic (exact) mass is 799 g/mol. The number of piperidine rings is 1. The Kier molecular flexibility index (Phi) is 9.72. The Morgan fingerprint density at radius 1 is 0.983 bits per heavy atom. The number of hydrogen-bond acceptors (Lipinski definition) is 12. The van der Waals surface area contributed by atoms with Crippen molar-refractivity contribution in [3.63, 3.8) is 0 Å². The lowest BCUT2D eigenvalue weighted by molar-refractivity contribution is -0.158. The van der Waals surface area contributed by atoms with Crippen molar-refractivity contribution in [1.29, 1.82) is 0 Å². The summed E-state index contributed by atoms with van der Waals surface area (Å²) >= 11 is 0. The average molecular weight is 800 g/mol. The summed E-state index contributed by atoms with van der Waals surface area (Å²) in [6.45, 7) is 15.8. The zero-order valence-electron chi connectivity index (χ0n) is 34.6. The van der Waals surface area contributed by atoms with E-state index in [1.807, 2.05) is 57.3 Å². The van der Waals surface area contributed by atoms with Gasteiger partial charge in [-0.3, -0.25) is 24.2 Å². The van der Waals surface area contributed by atoms with E-state index in [4.69, 9.17) is 9.72 Å². The van der Waals surface area contributed by atoms with Crippen molar-refractivity contribution in [2.75, 3.05) is 54.4 Å². The summed E-state index contributed by atoms with van der Waals surface area (Å²) in [5.74, 6) is 0.977. The number of aromatic hydroxyl groups is 1. The van der Waals surface area contributed by atoms with Crippen LogP contribution in [0, 0.1) is 6.92 Å². The molecule has 4 aromatic rings. The van der Waals surface area contributed by atoms with Gasteiger partial charge in [0.15, 0.2) is 5.82 Å². The van der Waals surface area contributed by atoms with Crippen molar-refractivity contribution in [3.8, 4) is 22.9 Å². The van der Waals surface area contributed by atoms with Crippen molar-refractivity contribution >= 4 is 34.9 Å². The Bertz CT molecular complexity index is 2320. The highest BCUT2D eigenvalue weighted by Crippen LogP contribution is 2.45. The molecule has 14 heteroatoms. The minimum absolute atomic E-state index is 0.0635. The topological polar surface area (TPSA) is 148 Å². The van der Waals surface area contributed by atoms with E-state index in [1.54, 1.807) is 17.0 Å². The number of carbonyl (C=O) groups is 3. The number of anilines is 3. The number of fused-ring (bicyclic) bond motifs is 4. The molecule has 0 unspecified atom stereocenters. The van der Waals surface area contributed by atoms with Gasteiger partial charge in [-0.2, -0.15) is 0 Å². The van der Waals surface area contributed by atoms with E-state index in [2.05, 4.69) is 56.2 Å². The summed E-state index contributed by atoms with van der Waals surface area (Å²) in [7, 11) is 0. The SMILES string of the molecule is CC[C@]12CNc3nnc(-c4ccccc4O)cc3N1C[C@H](Oc1ncc(CN3CCN(c4ccc5c(c4)C(=O)N([C@H]4CCC(=O)N(C(C)(C)C)C4=O)C5)CC3)cc1C)C2. The zero-order valence-corrected chi connectivity index (χ0v) is 34.6. The Balaban J connectivity index is 0.810. The van der Waals surface area contributed by atoms with E-state index < -0.39 is 11.6 Å². The second kappa shape index (κ2) is 14.8. The third-order valence-corrected chi connectivity index (χ3v) is 12.9. The first kappa shape index (κ1) is 38.7. The fourth-order valence-electron chi connectivity index (χ4n) is 9.77. The van der Waals surface area contributed by atoms with Gasteiger partial charge < -0.3 is 29.9 Å². The molecule has 3 fully saturated rings. The van der Waals surface area contributed by atoms with Crippen LogP contribution in [0.25, 0.3) is 11.3 Å². The summed E-state index contributed by atoms with van der Waals surface area (Å²) in [6, 6.07) is 16.9. The van der Waals surface area contributed by atoms with E-state index in [0.29, 0.717) is 42.2 Å². The molecule has 5 aliphatic heterocycles. The largest absolute Gasteiger partial charge is 0.507 e. The van der Waals surface area contributed by atoms with Crippen LogP contribution in [0.1, 0.15) is 80.4 Å². The smallest absolute Gasteiger partial charge is 0.255 e. The summed E-state index contributed by atoms with van der Waals surface area (Å²) in [5, 5.41) is 22.9. The fourth-order valence-corrected chi connectivity index (χ4v) is 9.77. The number of piperazine rings is 1. The number of nitrogens with one attached hydrogen (secondary N) is 1. The van der Waals surface area contributed by atoms with Crippen molar-refractivity contribution < 1.29 is 24.2 Å². The molecule has 2 aromatic carbocycles. The van der Waals surface area contributed by atoms with Gasteiger partial charge in [-0.1, -0.05) is 25.1 Å². The Morgan fingerprint density at radius 2 is 1.78 bits per heavy atom. The predicted molar refractivity (Wildman–Crippen MR) is 224 cm³/mol. The number of imide groups is 1. The van der Waals surface area contributed by atoms with Crippen LogP contribution in [-0.4, -0.2) is 115 Å². The number of amides is 3. The Morgan fingerprint density at radius 3 is 2.53 bits per heavy atom. The number of para-hydroxylation sites is 1. The number of aromatic nitrogens is 3. The summed E-state index contributed by atoms with van der Waals surface area (Å²) in [6.07, 6.45) is 4.25. The van der Waals surface area contributed by atoms with Crippen LogP contribution in [0.4, 0.5) is 17.2 Å². The van der Waals surface area contributed by atoms with Crippen LogP contribution in [0.15, 0.2) is 60.8 Å². The third kappa shape index (κ3) is 7.00. The maximum absolute atomic E-state index is 13.7. The first-order valence-corrected chi connectivity index (χ1v) is 20.9. The average Bonchev–Trinajstić information content (AvgIpc) is 3.76. The molecule has 5 aliphatic rings. The lowest BCUT2D eigenvalue weighted by Gasteiger charge is -2.43. The molecule has 2 aromatic heterocycles. The number of hydrogen-bond donors (Lipinski definition) is 2. The summed E-state index contributed by atoms with van der Waals surface area (Å²) in [5.41, 5.74) is 6.19. The highest BCUT2D eigenvalue weighted by molar-refractivity contribution is 6.06. The number of ether oxygens (including phenoxy) is 1. The molecule has 7 heterocycles. The molecule has 0 aliphatic carbocycles. The number of nitrogens with zero attached hydrogens (tertiary/aromatic N) is 8. The van der Waals surface area contributed by atoms with E-state index >= 15 is 0 Å². The maximum atomic E-state index is 13.7. The number of phenolic OH excluding ortho intramolecular Hbond substituents is 1. The van der Waals surface area contributed by atoms with Gasteiger partial charge in [0.05, 0.1) is 23.5 Å². The molecule has 0 bridgehead atoms. The van der Waals surface area contributed by atoms with Gasteiger partial charge in [0.25, 0.3) is 11.8 Å². The molecule has 9 rings (SSSR count). The molecule has 14 nitrogen and oxygen atoms in total. The first-order chi connectivity index (χ1) is 28.3. The predicted octanol–water partition coefficient (Wildman–Crippen LogP) is 5.38. The Hall–Kier alpha value is -5.76. The van der Waals surface area contributed by atoms with Gasteiger partial charge in [0.2, 0.25) is 11.8 Å². The van der Waals surface area contributed by atoms with Gasteiger partial charge in [0, 0.05) is 92.8 Å². The standard InChI is InChI=1S/C45H53N9O5/c1-6-45-22-32(26-53(45)37-21-35(48-49-40(37)47-27-45)33-9-7-8-10-38(33)55)59-41-28(2)19-29(23-46-41)24-50-15-17-51(18-16-50)31-12-11-30-25-52(42(57)34(30)20-31)36-13-14-39(56)54(43(36)58)44(3,4)5/h7-12,19-21,23,32,36,55H,6,13-18,22,24-27H2,1-5H3,(H,47,49)/t32-,36+,45+/m1/s1. The van der Waals surface area contributed by atoms with Gasteiger partial charge in [0.1, 0.15) is 17.9 Å².